The summed E-state index contributed by atoms with van der Waals surface area (Å²) in [4.78, 5) is 25.6. The quantitative estimate of drug-likeness (QED) is 0.324. The summed E-state index contributed by atoms with van der Waals surface area (Å²) in [5, 5.41) is 10.1. The fourth-order valence-corrected chi connectivity index (χ4v) is 4.66. The summed E-state index contributed by atoms with van der Waals surface area (Å²) in [6.45, 7) is 10.1. The van der Waals surface area contributed by atoms with E-state index >= 15 is 0 Å². The van der Waals surface area contributed by atoms with Crippen molar-refractivity contribution in [3.05, 3.63) is 11.1 Å². The molecule has 0 aliphatic carbocycles. The smallest absolute Gasteiger partial charge is 0.410 e. The van der Waals surface area contributed by atoms with Gasteiger partial charge in [-0.1, -0.05) is 0 Å². The van der Waals surface area contributed by atoms with Gasteiger partial charge < -0.3 is 25.2 Å². The number of aliphatic imine (C=N–C) groups is 1. The summed E-state index contributed by atoms with van der Waals surface area (Å²) < 4.78 is 5.51. The van der Waals surface area contributed by atoms with E-state index in [1.54, 1.807) is 23.3 Å². The standard InChI is InChI=1S/C21H36N6O2S.HI/c1-21(2,3)29-20(28)27-13-7-8-16(14-27)24-18(22-4)23-10-9-17-15-30-19(25-17)26-11-5-6-12-26;/h15-16H,5-14H2,1-4H3,(H2,22,23,24);1H. The second-order valence-corrected chi connectivity index (χ2v) is 9.81. The number of piperidine rings is 1. The molecule has 2 aliphatic heterocycles. The highest BCUT2D eigenvalue weighted by atomic mass is 127. The van der Waals surface area contributed by atoms with Crippen LogP contribution in [-0.4, -0.2) is 73.4 Å². The van der Waals surface area contributed by atoms with E-state index in [1.165, 1.54) is 12.8 Å². The van der Waals surface area contributed by atoms with Crippen molar-refractivity contribution >= 4 is 52.5 Å². The van der Waals surface area contributed by atoms with Crippen molar-refractivity contribution in [3.63, 3.8) is 0 Å². The maximum Gasteiger partial charge on any atom is 0.410 e. The molecule has 176 valence electrons. The van der Waals surface area contributed by atoms with Gasteiger partial charge in [-0.15, -0.1) is 35.3 Å². The number of aromatic nitrogens is 1. The third-order valence-electron chi connectivity index (χ3n) is 5.23. The van der Waals surface area contributed by atoms with Gasteiger partial charge in [0.05, 0.1) is 5.69 Å². The monoisotopic (exact) mass is 564 g/mol. The van der Waals surface area contributed by atoms with Gasteiger partial charge >= 0.3 is 6.09 Å². The summed E-state index contributed by atoms with van der Waals surface area (Å²) >= 11 is 1.74. The molecule has 2 saturated heterocycles. The number of guanidine groups is 1. The van der Waals surface area contributed by atoms with E-state index in [1.807, 2.05) is 20.8 Å². The highest BCUT2D eigenvalue weighted by Crippen LogP contribution is 2.24. The molecule has 0 saturated carbocycles. The first-order valence-corrected chi connectivity index (χ1v) is 11.9. The minimum absolute atomic E-state index is 0. The Morgan fingerprint density at radius 2 is 2.03 bits per heavy atom. The molecule has 1 aromatic heterocycles. The van der Waals surface area contributed by atoms with Gasteiger partial charge in [-0.05, 0) is 46.5 Å². The Morgan fingerprint density at radius 3 is 2.71 bits per heavy atom. The molecular weight excluding hydrogens is 527 g/mol. The number of hydrogen-bond donors (Lipinski definition) is 2. The Labute approximate surface area is 207 Å². The minimum atomic E-state index is -0.473. The van der Waals surface area contributed by atoms with E-state index in [0.29, 0.717) is 6.54 Å². The van der Waals surface area contributed by atoms with Gasteiger partial charge in [-0.3, -0.25) is 4.99 Å². The van der Waals surface area contributed by atoms with Crippen molar-refractivity contribution in [1.29, 1.82) is 0 Å². The molecule has 1 aromatic rings. The van der Waals surface area contributed by atoms with Gasteiger partial charge in [-0.2, -0.15) is 0 Å². The van der Waals surface area contributed by atoms with Crippen LogP contribution in [-0.2, 0) is 11.2 Å². The number of nitrogens with zero attached hydrogens (tertiary/aromatic N) is 4. The van der Waals surface area contributed by atoms with Gasteiger partial charge in [0.25, 0.3) is 0 Å². The summed E-state index contributed by atoms with van der Waals surface area (Å²) in [5.41, 5.74) is 0.651. The number of carbonyl (C=O) groups is 1. The first kappa shape index (κ1) is 26.0. The SMILES string of the molecule is CN=C(NCCc1csc(N2CCCC2)n1)NC1CCCN(C(=O)OC(C)(C)C)C1.I. The van der Waals surface area contributed by atoms with Gasteiger partial charge in [0, 0.05) is 57.6 Å². The number of hydrogen-bond acceptors (Lipinski definition) is 6. The first-order chi connectivity index (χ1) is 14.3. The normalized spacial score (nSPS) is 19.7. The van der Waals surface area contributed by atoms with Crippen LogP contribution in [0.2, 0.25) is 0 Å². The highest BCUT2D eigenvalue weighted by molar-refractivity contribution is 14.0. The molecule has 10 heteroatoms. The molecule has 8 nitrogen and oxygen atoms in total. The number of amides is 1. The molecular formula is C21H37IN6O2S. The summed E-state index contributed by atoms with van der Waals surface area (Å²) in [5.74, 6) is 0.765. The minimum Gasteiger partial charge on any atom is -0.444 e. The molecule has 2 aliphatic rings. The van der Waals surface area contributed by atoms with E-state index in [2.05, 4.69) is 25.9 Å². The second kappa shape index (κ2) is 12.1. The van der Waals surface area contributed by atoms with Crippen LogP contribution in [0.5, 0.6) is 0 Å². The third kappa shape index (κ3) is 8.28. The Hall–Kier alpha value is -1.30. The lowest BCUT2D eigenvalue weighted by molar-refractivity contribution is 0.0193. The van der Waals surface area contributed by atoms with Crippen LogP contribution in [0.3, 0.4) is 0 Å². The maximum absolute atomic E-state index is 12.4. The Bertz CT molecular complexity index is 730. The summed E-state index contributed by atoms with van der Waals surface area (Å²) in [7, 11) is 1.78. The molecule has 1 atom stereocenters. The summed E-state index contributed by atoms with van der Waals surface area (Å²) in [6.07, 6.45) is 5.11. The number of halogens is 1. The van der Waals surface area contributed by atoms with Gasteiger partial charge in [0.1, 0.15) is 5.60 Å². The molecule has 3 heterocycles. The Morgan fingerprint density at radius 1 is 1.29 bits per heavy atom. The lowest BCUT2D eigenvalue weighted by Crippen LogP contribution is -2.53. The van der Waals surface area contributed by atoms with Crippen LogP contribution in [0.4, 0.5) is 9.93 Å². The number of likely N-dealkylation sites (tertiary alicyclic amines) is 1. The van der Waals surface area contributed by atoms with E-state index in [0.717, 1.165) is 62.2 Å². The van der Waals surface area contributed by atoms with Crippen molar-refractivity contribution in [2.45, 2.75) is 64.5 Å². The van der Waals surface area contributed by atoms with Crippen molar-refractivity contribution in [2.24, 2.45) is 4.99 Å². The fourth-order valence-electron chi connectivity index (χ4n) is 3.75. The number of nitrogens with one attached hydrogen (secondary N) is 2. The third-order valence-corrected chi connectivity index (χ3v) is 6.18. The first-order valence-electron chi connectivity index (χ1n) is 11.0. The molecule has 2 N–H and O–H groups in total. The average Bonchev–Trinajstić information content (AvgIpc) is 3.38. The van der Waals surface area contributed by atoms with E-state index in [4.69, 9.17) is 9.72 Å². The second-order valence-electron chi connectivity index (χ2n) is 8.97. The van der Waals surface area contributed by atoms with Gasteiger partial charge in [-0.25, -0.2) is 9.78 Å². The predicted octanol–water partition coefficient (Wildman–Crippen LogP) is 3.47. The number of carbonyl (C=O) groups excluding carboxylic acids is 1. The molecule has 0 aromatic carbocycles. The fraction of sp³-hybridized carbons (Fsp3) is 0.762. The van der Waals surface area contributed by atoms with Crippen molar-refractivity contribution in [2.75, 3.05) is 44.7 Å². The Balaban J connectivity index is 0.00000341. The predicted molar refractivity (Wildman–Crippen MR) is 138 cm³/mol. The van der Waals surface area contributed by atoms with E-state index in [9.17, 15) is 4.79 Å². The lowest BCUT2D eigenvalue weighted by atomic mass is 10.1. The van der Waals surface area contributed by atoms with Crippen molar-refractivity contribution < 1.29 is 9.53 Å². The van der Waals surface area contributed by atoms with Crippen LogP contribution in [0.15, 0.2) is 10.4 Å². The van der Waals surface area contributed by atoms with Crippen LogP contribution in [0.25, 0.3) is 0 Å². The van der Waals surface area contributed by atoms with Crippen LogP contribution in [0, 0.1) is 0 Å². The average molecular weight is 565 g/mol. The van der Waals surface area contributed by atoms with Crippen LogP contribution in [0.1, 0.15) is 52.1 Å². The molecule has 0 bridgehead atoms. The van der Waals surface area contributed by atoms with Crippen LogP contribution < -0.4 is 15.5 Å². The zero-order valence-corrected chi connectivity index (χ0v) is 22.3. The zero-order chi connectivity index (χ0) is 21.6. The molecule has 3 rings (SSSR count). The molecule has 0 spiro atoms. The molecule has 0 radical (unpaired) electrons. The van der Waals surface area contributed by atoms with E-state index < -0.39 is 5.60 Å². The number of rotatable bonds is 5. The van der Waals surface area contributed by atoms with Crippen molar-refractivity contribution in [3.8, 4) is 0 Å². The topological polar surface area (TPSA) is 82.1 Å². The number of anilines is 1. The number of thiazole rings is 1. The maximum atomic E-state index is 12.4. The Kier molecular flexibility index (Phi) is 10.1. The van der Waals surface area contributed by atoms with E-state index in [-0.39, 0.29) is 36.1 Å². The van der Waals surface area contributed by atoms with Crippen LogP contribution >= 0.6 is 35.3 Å². The van der Waals surface area contributed by atoms with Crippen molar-refractivity contribution in [1.82, 2.24) is 20.5 Å². The molecule has 31 heavy (non-hydrogen) atoms. The largest absolute Gasteiger partial charge is 0.444 e. The highest BCUT2D eigenvalue weighted by Gasteiger charge is 2.28. The molecule has 2 fully saturated rings. The number of ether oxygens (including phenoxy) is 1. The zero-order valence-electron chi connectivity index (χ0n) is 19.1. The molecule has 1 amide bonds. The van der Waals surface area contributed by atoms with Gasteiger partial charge in [0.2, 0.25) is 0 Å². The lowest BCUT2D eigenvalue weighted by Gasteiger charge is -2.35. The van der Waals surface area contributed by atoms with Gasteiger partial charge in [0.15, 0.2) is 11.1 Å². The molecule has 1 unspecified atom stereocenters. The summed E-state index contributed by atoms with van der Waals surface area (Å²) in [6, 6.07) is 0.165.